The largest absolute Gasteiger partial charge is 0.448 e. The molecule has 0 spiro atoms. The molecule has 0 bridgehead atoms. The minimum atomic E-state index is -0.0431. The highest BCUT2D eigenvalue weighted by molar-refractivity contribution is 6.02. The number of para-hydroxylation sites is 1. The molecule has 0 saturated heterocycles. The van der Waals surface area contributed by atoms with Gasteiger partial charge in [-0.2, -0.15) is 0 Å². The lowest BCUT2D eigenvalue weighted by molar-refractivity contribution is 0.0949. The van der Waals surface area contributed by atoms with Crippen LogP contribution >= 0.6 is 0 Å². The van der Waals surface area contributed by atoms with Crippen LogP contribution in [0.4, 0.5) is 11.6 Å². The molecule has 3 rings (SSSR count). The lowest BCUT2D eigenvalue weighted by Gasteiger charge is -2.28. The first-order valence-electron chi connectivity index (χ1n) is 5.04. The maximum Gasteiger partial charge on any atom is 0.254 e. The van der Waals surface area contributed by atoms with Gasteiger partial charge in [0.2, 0.25) is 5.88 Å². The van der Waals surface area contributed by atoms with Crippen LogP contribution in [-0.2, 0) is 0 Å². The number of hydrogen-bond acceptors (Lipinski definition) is 3. The molecule has 1 N–H and O–H groups in total. The van der Waals surface area contributed by atoms with E-state index in [0.717, 1.165) is 11.6 Å². The van der Waals surface area contributed by atoms with Crippen molar-refractivity contribution in [2.45, 2.75) is 0 Å². The van der Waals surface area contributed by atoms with E-state index in [4.69, 9.17) is 4.42 Å². The monoisotopic (exact) mass is 214 g/mol. The lowest BCUT2D eigenvalue weighted by Crippen LogP contribution is -2.40. The van der Waals surface area contributed by atoms with Crippen molar-refractivity contribution in [2.75, 3.05) is 11.6 Å². The maximum atomic E-state index is 11.6. The van der Waals surface area contributed by atoms with Gasteiger partial charge in [-0.1, -0.05) is 12.1 Å². The third-order valence-corrected chi connectivity index (χ3v) is 2.61. The number of benzene rings is 1. The van der Waals surface area contributed by atoms with Crippen molar-refractivity contribution in [1.29, 1.82) is 0 Å². The van der Waals surface area contributed by atoms with Gasteiger partial charge < -0.3 is 9.73 Å². The van der Waals surface area contributed by atoms with Crippen molar-refractivity contribution in [1.82, 2.24) is 5.32 Å². The van der Waals surface area contributed by atoms with Crippen molar-refractivity contribution in [2.24, 2.45) is 0 Å². The number of nitrogens with zero attached hydrogens (tertiary/aromatic N) is 1. The number of furan rings is 1. The first-order chi connectivity index (χ1) is 7.86. The average Bonchev–Trinajstić information content (AvgIpc) is 2.83. The molecule has 0 radical (unpaired) electrons. The normalized spacial score (nSPS) is 14.5. The average molecular weight is 214 g/mol. The highest BCUT2D eigenvalue weighted by atomic mass is 16.3. The summed E-state index contributed by atoms with van der Waals surface area (Å²) < 4.78 is 5.34. The van der Waals surface area contributed by atoms with Crippen molar-refractivity contribution < 1.29 is 9.21 Å². The van der Waals surface area contributed by atoms with Crippen LogP contribution in [0.5, 0.6) is 0 Å². The van der Waals surface area contributed by atoms with Gasteiger partial charge in [-0.3, -0.25) is 9.69 Å². The minimum Gasteiger partial charge on any atom is -0.448 e. The van der Waals surface area contributed by atoms with E-state index in [-0.39, 0.29) is 5.91 Å². The Hall–Kier alpha value is -2.23. The lowest BCUT2D eigenvalue weighted by atomic mass is 10.1. The predicted molar refractivity (Wildman–Crippen MR) is 59.6 cm³/mol. The number of anilines is 2. The van der Waals surface area contributed by atoms with Gasteiger partial charge in [0.25, 0.3) is 5.91 Å². The van der Waals surface area contributed by atoms with E-state index < -0.39 is 0 Å². The highest BCUT2D eigenvalue weighted by Gasteiger charge is 2.24. The van der Waals surface area contributed by atoms with E-state index in [1.165, 1.54) is 0 Å². The van der Waals surface area contributed by atoms with E-state index >= 15 is 0 Å². The van der Waals surface area contributed by atoms with Crippen LogP contribution in [-0.4, -0.2) is 12.6 Å². The van der Waals surface area contributed by atoms with Crippen molar-refractivity contribution in [3.8, 4) is 0 Å². The second-order valence-corrected chi connectivity index (χ2v) is 3.56. The molecule has 0 unspecified atom stereocenters. The highest BCUT2D eigenvalue weighted by Crippen LogP contribution is 2.30. The van der Waals surface area contributed by atoms with E-state index in [9.17, 15) is 4.79 Å². The smallest absolute Gasteiger partial charge is 0.254 e. The van der Waals surface area contributed by atoms with Crippen molar-refractivity contribution in [3.05, 3.63) is 48.2 Å². The summed E-state index contributed by atoms with van der Waals surface area (Å²) in [6.07, 6.45) is 1.62. The Morgan fingerprint density at radius 2 is 2.06 bits per heavy atom. The molecule has 2 heterocycles. The number of carbonyl (C=O) groups excluding carboxylic acids is 1. The Bertz CT molecular complexity index is 520. The number of hydrogen-bond donors (Lipinski definition) is 1. The first-order valence-corrected chi connectivity index (χ1v) is 5.04. The van der Waals surface area contributed by atoms with Gasteiger partial charge in [0.15, 0.2) is 0 Å². The molecular formula is C12H10N2O2. The zero-order valence-electron chi connectivity index (χ0n) is 8.51. The van der Waals surface area contributed by atoms with E-state index in [0.29, 0.717) is 12.2 Å². The molecule has 1 aliphatic rings. The van der Waals surface area contributed by atoms with Gasteiger partial charge in [0.1, 0.15) is 0 Å². The van der Waals surface area contributed by atoms with Crippen LogP contribution in [0.3, 0.4) is 0 Å². The number of rotatable bonds is 1. The molecule has 1 aromatic heterocycles. The Labute approximate surface area is 92.5 Å². The second kappa shape index (κ2) is 3.41. The summed E-state index contributed by atoms with van der Waals surface area (Å²) in [5.41, 5.74) is 1.55. The van der Waals surface area contributed by atoms with Crippen LogP contribution in [0.1, 0.15) is 10.4 Å². The Morgan fingerprint density at radius 1 is 1.19 bits per heavy atom. The fourth-order valence-corrected chi connectivity index (χ4v) is 1.85. The second-order valence-electron chi connectivity index (χ2n) is 3.56. The van der Waals surface area contributed by atoms with Crippen LogP contribution < -0.4 is 10.2 Å². The summed E-state index contributed by atoms with van der Waals surface area (Å²) >= 11 is 0. The Kier molecular flexibility index (Phi) is 1.93. The quantitative estimate of drug-likeness (QED) is 0.790. The molecule has 0 aliphatic carbocycles. The third kappa shape index (κ3) is 1.27. The molecule has 0 saturated carbocycles. The van der Waals surface area contributed by atoms with Crippen LogP contribution in [0, 0.1) is 0 Å². The molecule has 0 fully saturated rings. The van der Waals surface area contributed by atoms with Crippen molar-refractivity contribution in [3.63, 3.8) is 0 Å². The topological polar surface area (TPSA) is 45.5 Å². The van der Waals surface area contributed by atoms with Gasteiger partial charge >= 0.3 is 0 Å². The van der Waals surface area contributed by atoms with Crippen LogP contribution in [0.15, 0.2) is 47.1 Å². The number of fused-ring (bicyclic) bond motifs is 1. The molecule has 80 valence electrons. The summed E-state index contributed by atoms with van der Waals surface area (Å²) in [6, 6.07) is 11.2. The summed E-state index contributed by atoms with van der Waals surface area (Å²) in [5.74, 6) is 0.686. The Balaban J connectivity index is 2.11. The molecule has 4 nitrogen and oxygen atoms in total. The van der Waals surface area contributed by atoms with E-state index in [1.807, 2.05) is 35.2 Å². The standard InChI is InChI=1S/C12H10N2O2/c15-12-9-4-1-2-5-10(9)14(8-13-12)11-6-3-7-16-11/h1-7H,8H2,(H,13,15). The van der Waals surface area contributed by atoms with Gasteiger partial charge in [-0.15, -0.1) is 0 Å². The summed E-state index contributed by atoms with van der Waals surface area (Å²) in [4.78, 5) is 13.6. The van der Waals surface area contributed by atoms with E-state index in [2.05, 4.69) is 5.32 Å². The number of amides is 1. The van der Waals surface area contributed by atoms with Gasteiger partial charge in [0.05, 0.1) is 24.2 Å². The van der Waals surface area contributed by atoms with Gasteiger partial charge in [0, 0.05) is 6.07 Å². The molecular weight excluding hydrogens is 204 g/mol. The fourth-order valence-electron chi connectivity index (χ4n) is 1.85. The molecule has 0 atom stereocenters. The fraction of sp³-hybridized carbons (Fsp3) is 0.0833. The maximum absolute atomic E-state index is 11.6. The first kappa shape index (κ1) is 9.03. The molecule has 2 aromatic rings. The zero-order valence-corrected chi connectivity index (χ0v) is 8.51. The zero-order chi connectivity index (χ0) is 11.0. The molecule has 1 amide bonds. The number of nitrogens with one attached hydrogen (secondary N) is 1. The number of carbonyl (C=O) groups is 1. The minimum absolute atomic E-state index is 0.0431. The summed E-state index contributed by atoms with van der Waals surface area (Å²) in [5, 5.41) is 2.80. The molecule has 16 heavy (non-hydrogen) atoms. The predicted octanol–water partition coefficient (Wildman–Crippen LogP) is 2.12. The van der Waals surface area contributed by atoms with Gasteiger partial charge in [-0.25, -0.2) is 0 Å². The van der Waals surface area contributed by atoms with Crippen LogP contribution in [0.2, 0.25) is 0 Å². The summed E-state index contributed by atoms with van der Waals surface area (Å²) in [6.45, 7) is 0.434. The van der Waals surface area contributed by atoms with Gasteiger partial charge in [-0.05, 0) is 18.2 Å². The summed E-state index contributed by atoms with van der Waals surface area (Å²) in [7, 11) is 0. The molecule has 4 heteroatoms. The van der Waals surface area contributed by atoms with E-state index in [1.54, 1.807) is 12.3 Å². The Morgan fingerprint density at radius 3 is 2.88 bits per heavy atom. The van der Waals surface area contributed by atoms with Crippen LogP contribution in [0.25, 0.3) is 0 Å². The van der Waals surface area contributed by atoms with Crippen molar-refractivity contribution >= 4 is 17.5 Å². The molecule has 1 aromatic carbocycles. The SMILES string of the molecule is O=C1NCN(c2ccco2)c2ccccc21. The molecule has 1 aliphatic heterocycles. The third-order valence-electron chi connectivity index (χ3n) is 2.61.